The van der Waals surface area contributed by atoms with Crippen molar-refractivity contribution in [1.29, 1.82) is 0 Å². The Hall–Kier alpha value is -1.68. The molecule has 1 fully saturated rings. The first-order valence-corrected chi connectivity index (χ1v) is 6.48. The number of hydrogen-bond acceptors (Lipinski definition) is 3. The number of amides is 2. The van der Waals surface area contributed by atoms with E-state index in [1.54, 1.807) is 0 Å². The summed E-state index contributed by atoms with van der Waals surface area (Å²) in [6.07, 6.45) is 0.124. The molecule has 1 aliphatic rings. The van der Waals surface area contributed by atoms with Gasteiger partial charge in [-0.1, -0.05) is 45.0 Å². The number of rotatable bonds is 2. The van der Waals surface area contributed by atoms with Gasteiger partial charge in [-0.25, -0.2) is 0 Å². The van der Waals surface area contributed by atoms with Crippen LogP contribution in [0.1, 0.15) is 38.3 Å². The maximum Gasteiger partial charge on any atom is 0.246 e. The molecule has 2 amide bonds. The monoisotopic (exact) mass is 260 g/mol. The second-order valence-electron chi connectivity index (χ2n) is 6.08. The van der Waals surface area contributed by atoms with E-state index in [0.29, 0.717) is 6.54 Å². The van der Waals surface area contributed by atoms with E-state index in [0.717, 1.165) is 5.56 Å². The molecule has 4 nitrogen and oxygen atoms in total. The van der Waals surface area contributed by atoms with Gasteiger partial charge in [0, 0.05) is 0 Å². The topological polar surface area (TPSA) is 63.4 Å². The lowest BCUT2D eigenvalue weighted by molar-refractivity contribution is -0.139. The predicted molar refractivity (Wildman–Crippen MR) is 73.3 cm³/mol. The second kappa shape index (κ2) is 4.78. The molecule has 4 heteroatoms. The third-order valence-electron chi connectivity index (χ3n) is 3.44. The van der Waals surface area contributed by atoms with Gasteiger partial charge in [-0.05, 0) is 16.5 Å². The molecule has 0 spiro atoms. The molecular formula is C15H20N2O2. The van der Waals surface area contributed by atoms with E-state index in [1.807, 2.05) is 24.3 Å². The molecular weight excluding hydrogens is 240 g/mol. The number of carbonyl (C=O) groups is 2. The third kappa shape index (κ3) is 2.84. The van der Waals surface area contributed by atoms with E-state index < -0.39 is 6.04 Å². The summed E-state index contributed by atoms with van der Waals surface area (Å²) in [7, 11) is 0. The van der Waals surface area contributed by atoms with Gasteiger partial charge < -0.3 is 5.73 Å². The van der Waals surface area contributed by atoms with Crippen LogP contribution in [-0.4, -0.2) is 22.8 Å². The normalized spacial score (nSPS) is 20.2. The highest BCUT2D eigenvalue weighted by molar-refractivity contribution is 6.05. The fourth-order valence-corrected chi connectivity index (χ4v) is 2.17. The van der Waals surface area contributed by atoms with Gasteiger partial charge in [0.1, 0.15) is 0 Å². The summed E-state index contributed by atoms with van der Waals surface area (Å²) in [5.74, 6) is -0.456. The van der Waals surface area contributed by atoms with Crippen LogP contribution < -0.4 is 5.73 Å². The number of benzene rings is 1. The molecule has 1 aromatic carbocycles. The Labute approximate surface area is 113 Å². The Morgan fingerprint density at radius 3 is 2.21 bits per heavy atom. The van der Waals surface area contributed by atoms with Crippen LogP contribution in [0.25, 0.3) is 0 Å². The highest BCUT2D eigenvalue weighted by Crippen LogP contribution is 2.23. The highest BCUT2D eigenvalue weighted by Gasteiger charge is 2.35. The Kier molecular flexibility index (Phi) is 3.45. The predicted octanol–water partition coefficient (Wildman–Crippen LogP) is 1.57. The number of hydrogen-bond donors (Lipinski definition) is 1. The summed E-state index contributed by atoms with van der Waals surface area (Å²) in [5.41, 5.74) is 7.86. The quantitative estimate of drug-likeness (QED) is 0.821. The fraction of sp³-hybridized carbons (Fsp3) is 0.467. The number of nitrogens with two attached hydrogens (primary N) is 1. The van der Waals surface area contributed by atoms with Crippen LogP contribution in [0, 0.1) is 0 Å². The van der Waals surface area contributed by atoms with Crippen molar-refractivity contribution in [2.75, 3.05) is 0 Å². The minimum absolute atomic E-state index is 0.0974. The van der Waals surface area contributed by atoms with Crippen molar-refractivity contribution in [2.45, 2.75) is 45.2 Å². The van der Waals surface area contributed by atoms with Crippen molar-refractivity contribution in [3.05, 3.63) is 35.4 Å². The maximum atomic E-state index is 11.7. The zero-order chi connectivity index (χ0) is 14.2. The Morgan fingerprint density at radius 1 is 1.21 bits per heavy atom. The lowest BCUT2D eigenvalue weighted by atomic mass is 9.87. The van der Waals surface area contributed by atoms with E-state index in [2.05, 4.69) is 20.8 Å². The molecule has 2 rings (SSSR count). The number of nitrogens with zero attached hydrogens (tertiary/aromatic N) is 1. The average Bonchev–Trinajstić information content (AvgIpc) is 2.56. The van der Waals surface area contributed by atoms with Crippen molar-refractivity contribution in [2.24, 2.45) is 5.73 Å². The molecule has 1 atom stereocenters. The standard InChI is InChI=1S/C15H20N2O2/c1-15(2,3)11-6-4-10(5-7-11)9-17-13(18)8-12(16)14(17)19/h4-7,12H,8-9,16H2,1-3H3. The molecule has 0 saturated carbocycles. The maximum absolute atomic E-state index is 11.7. The summed E-state index contributed by atoms with van der Waals surface area (Å²) in [6, 6.07) is 7.35. The van der Waals surface area contributed by atoms with Crippen LogP contribution in [0.4, 0.5) is 0 Å². The molecule has 1 saturated heterocycles. The van der Waals surface area contributed by atoms with Gasteiger partial charge in [0.15, 0.2) is 0 Å². The van der Waals surface area contributed by atoms with Gasteiger partial charge in [0.25, 0.3) is 0 Å². The van der Waals surface area contributed by atoms with Crippen LogP contribution in [0.2, 0.25) is 0 Å². The lowest BCUT2D eigenvalue weighted by Gasteiger charge is -2.20. The Bertz CT molecular complexity index is 500. The summed E-state index contributed by atoms with van der Waals surface area (Å²) >= 11 is 0. The van der Waals surface area contributed by atoms with E-state index in [1.165, 1.54) is 10.5 Å². The van der Waals surface area contributed by atoms with Crippen LogP contribution in [0.5, 0.6) is 0 Å². The smallest absolute Gasteiger partial charge is 0.246 e. The third-order valence-corrected chi connectivity index (χ3v) is 3.44. The van der Waals surface area contributed by atoms with Crippen LogP contribution >= 0.6 is 0 Å². The van der Waals surface area contributed by atoms with Crippen molar-refractivity contribution in [3.63, 3.8) is 0 Å². The number of carbonyl (C=O) groups excluding carboxylic acids is 2. The second-order valence-corrected chi connectivity index (χ2v) is 6.08. The number of imide groups is 1. The molecule has 1 heterocycles. The SMILES string of the molecule is CC(C)(C)c1ccc(CN2C(=O)CC(N)C2=O)cc1. The van der Waals surface area contributed by atoms with Crippen LogP contribution in [0.15, 0.2) is 24.3 Å². The molecule has 0 aromatic heterocycles. The van der Waals surface area contributed by atoms with Crippen molar-refractivity contribution in [1.82, 2.24) is 4.90 Å². The van der Waals surface area contributed by atoms with Crippen molar-refractivity contribution >= 4 is 11.8 Å². The molecule has 2 N–H and O–H groups in total. The van der Waals surface area contributed by atoms with E-state index in [-0.39, 0.29) is 23.7 Å². The molecule has 1 aromatic rings. The molecule has 102 valence electrons. The van der Waals surface area contributed by atoms with Gasteiger partial charge in [-0.2, -0.15) is 0 Å². The summed E-state index contributed by atoms with van der Waals surface area (Å²) in [5, 5.41) is 0. The summed E-state index contributed by atoms with van der Waals surface area (Å²) in [6.45, 7) is 6.76. The van der Waals surface area contributed by atoms with E-state index >= 15 is 0 Å². The molecule has 1 unspecified atom stereocenters. The average molecular weight is 260 g/mol. The van der Waals surface area contributed by atoms with Gasteiger partial charge in [-0.15, -0.1) is 0 Å². The van der Waals surface area contributed by atoms with Crippen LogP contribution in [0.3, 0.4) is 0 Å². The van der Waals surface area contributed by atoms with E-state index in [9.17, 15) is 9.59 Å². The highest BCUT2D eigenvalue weighted by atomic mass is 16.2. The minimum atomic E-state index is -0.665. The van der Waals surface area contributed by atoms with Gasteiger partial charge in [0.2, 0.25) is 11.8 Å². The van der Waals surface area contributed by atoms with Gasteiger partial charge in [0.05, 0.1) is 19.0 Å². The zero-order valence-electron chi connectivity index (χ0n) is 11.6. The van der Waals surface area contributed by atoms with Gasteiger partial charge >= 0.3 is 0 Å². The lowest BCUT2D eigenvalue weighted by Crippen LogP contribution is -2.34. The Balaban J connectivity index is 2.12. The Morgan fingerprint density at radius 2 is 1.79 bits per heavy atom. The fourth-order valence-electron chi connectivity index (χ4n) is 2.17. The first kappa shape index (κ1) is 13.7. The minimum Gasteiger partial charge on any atom is -0.319 e. The largest absolute Gasteiger partial charge is 0.319 e. The van der Waals surface area contributed by atoms with Crippen molar-refractivity contribution < 1.29 is 9.59 Å². The number of likely N-dealkylation sites (tertiary alicyclic amines) is 1. The molecule has 0 bridgehead atoms. The first-order chi connectivity index (χ1) is 8.79. The molecule has 1 aliphatic heterocycles. The summed E-state index contributed by atoms with van der Waals surface area (Å²) in [4.78, 5) is 24.6. The molecule has 0 aliphatic carbocycles. The van der Waals surface area contributed by atoms with Crippen molar-refractivity contribution in [3.8, 4) is 0 Å². The van der Waals surface area contributed by atoms with Crippen LogP contribution in [-0.2, 0) is 21.5 Å². The molecule has 0 radical (unpaired) electrons. The first-order valence-electron chi connectivity index (χ1n) is 6.48. The molecule has 19 heavy (non-hydrogen) atoms. The summed E-state index contributed by atoms with van der Waals surface area (Å²) < 4.78 is 0. The van der Waals surface area contributed by atoms with Gasteiger partial charge in [-0.3, -0.25) is 14.5 Å². The van der Waals surface area contributed by atoms with E-state index in [4.69, 9.17) is 5.73 Å². The zero-order valence-corrected chi connectivity index (χ0v) is 11.6.